The van der Waals surface area contributed by atoms with Gasteiger partial charge in [0.25, 0.3) is 11.8 Å². The van der Waals surface area contributed by atoms with Crippen LogP contribution in [0, 0.1) is 4.91 Å². The second kappa shape index (κ2) is 2.70. The number of rotatable bonds is 1. The average molecular weight is 173 g/mol. The molecule has 1 heterocycles. The van der Waals surface area contributed by atoms with Crippen LogP contribution in [0.5, 0.6) is 0 Å². The van der Waals surface area contributed by atoms with Crippen LogP contribution in [0.4, 0.5) is 0 Å². The first-order chi connectivity index (χ1) is 5.15. The first kappa shape index (κ1) is 7.73. The molecule has 58 valence electrons. The third-order valence-electron chi connectivity index (χ3n) is 1.08. The molecular weight excluding hydrogens is 170 g/mol. The number of nitrogens with zero attached hydrogens (tertiary/aromatic N) is 1. The molecule has 1 aliphatic heterocycles. The van der Waals surface area contributed by atoms with Gasteiger partial charge < -0.3 is 10.6 Å². The molecule has 0 radical (unpaired) electrons. The molecule has 6 nitrogen and oxygen atoms in total. The van der Waals surface area contributed by atoms with Crippen molar-refractivity contribution >= 4 is 29.1 Å². The monoisotopic (exact) mass is 173 g/mol. The second-order valence-electron chi connectivity index (χ2n) is 1.82. The molecule has 0 spiro atoms. The van der Waals surface area contributed by atoms with E-state index in [-0.39, 0.29) is 5.11 Å². The van der Waals surface area contributed by atoms with Crippen molar-refractivity contribution in [2.75, 3.05) is 0 Å². The van der Waals surface area contributed by atoms with Crippen molar-refractivity contribution in [2.45, 2.75) is 6.04 Å². The summed E-state index contributed by atoms with van der Waals surface area (Å²) in [6.45, 7) is 0. The number of amides is 2. The third kappa shape index (κ3) is 1.37. The first-order valence-corrected chi connectivity index (χ1v) is 3.04. The molecule has 2 N–H and O–H groups in total. The van der Waals surface area contributed by atoms with E-state index in [4.69, 9.17) is 0 Å². The standard InChI is InChI=1S/C4H3N3O3S/c8-2-1(7-10)3(9)6-4(11)5-2/h1H,(H2,5,6,8,9,11). The lowest BCUT2D eigenvalue weighted by Gasteiger charge is -2.16. The van der Waals surface area contributed by atoms with Crippen molar-refractivity contribution in [1.82, 2.24) is 10.6 Å². The number of carbonyl (C=O) groups is 2. The zero-order chi connectivity index (χ0) is 8.43. The Bertz CT molecular complexity index is 231. The molecular formula is C4H3N3O3S. The Balaban J connectivity index is 2.82. The van der Waals surface area contributed by atoms with Crippen LogP contribution in [-0.4, -0.2) is 23.0 Å². The second-order valence-corrected chi connectivity index (χ2v) is 2.22. The Morgan fingerprint density at radius 1 is 1.27 bits per heavy atom. The molecule has 1 fully saturated rings. The summed E-state index contributed by atoms with van der Waals surface area (Å²) in [4.78, 5) is 31.3. The Morgan fingerprint density at radius 2 is 1.73 bits per heavy atom. The van der Waals surface area contributed by atoms with Gasteiger partial charge in [-0.25, -0.2) is 0 Å². The molecule has 7 heteroatoms. The summed E-state index contributed by atoms with van der Waals surface area (Å²) in [5.41, 5.74) is 0. The summed E-state index contributed by atoms with van der Waals surface area (Å²) in [6.07, 6.45) is 0. The average Bonchev–Trinajstić information content (AvgIpc) is 1.85. The summed E-state index contributed by atoms with van der Waals surface area (Å²) < 4.78 is 0. The summed E-state index contributed by atoms with van der Waals surface area (Å²) in [5, 5.41) is 6.37. The minimum atomic E-state index is -1.51. The predicted molar refractivity (Wildman–Crippen MR) is 38.5 cm³/mol. The maximum absolute atomic E-state index is 10.7. The van der Waals surface area contributed by atoms with E-state index in [0.29, 0.717) is 0 Å². The molecule has 0 atom stereocenters. The van der Waals surface area contributed by atoms with E-state index in [2.05, 4.69) is 28.0 Å². The summed E-state index contributed by atoms with van der Waals surface area (Å²) in [7, 11) is 0. The molecule has 0 aromatic rings. The zero-order valence-corrected chi connectivity index (χ0v) is 5.97. The fourth-order valence-electron chi connectivity index (χ4n) is 0.607. The van der Waals surface area contributed by atoms with Gasteiger partial charge in [0.15, 0.2) is 5.11 Å². The fraction of sp³-hybridized carbons (Fsp3) is 0.250. The van der Waals surface area contributed by atoms with Crippen molar-refractivity contribution in [1.29, 1.82) is 0 Å². The van der Waals surface area contributed by atoms with Gasteiger partial charge in [-0.3, -0.25) is 9.59 Å². The van der Waals surface area contributed by atoms with Gasteiger partial charge in [0.2, 0.25) is 6.04 Å². The van der Waals surface area contributed by atoms with E-state index >= 15 is 0 Å². The number of carbonyl (C=O) groups excluding carboxylic acids is 2. The first-order valence-electron chi connectivity index (χ1n) is 2.63. The van der Waals surface area contributed by atoms with E-state index in [1.807, 2.05) is 0 Å². The Labute approximate surface area is 66.3 Å². The van der Waals surface area contributed by atoms with Gasteiger partial charge in [-0.15, -0.1) is 4.91 Å². The van der Waals surface area contributed by atoms with E-state index < -0.39 is 17.9 Å². The highest BCUT2D eigenvalue weighted by atomic mass is 32.1. The number of thiocarbonyl (C=S) groups is 1. The Hall–Kier alpha value is -1.37. The molecule has 1 aliphatic rings. The number of nitroso groups, excluding NO2 is 1. The summed E-state index contributed by atoms with van der Waals surface area (Å²) >= 11 is 4.45. The molecule has 0 aromatic heterocycles. The van der Waals surface area contributed by atoms with Crippen LogP contribution < -0.4 is 10.6 Å². The van der Waals surface area contributed by atoms with E-state index in [9.17, 15) is 14.5 Å². The SMILES string of the molecule is O=NC1C(=O)NC(=S)NC1=O. The maximum Gasteiger partial charge on any atom is 0.264 e. The van der Waals surface area contributed by atoms with Gasteiger partial charge >= 0.3 is 0 Å². The molecule has 0 unspecified atom stereocenters. The molecule has 0 aromatic carbocycles. The summed E-state index contributed by atoms with van der Waals surface area (Å²) in [6, 6.07) is -1.51. The smallest absolute Gasteiger partial charge is 0.264 e. The molecule has 0 aliphatic carbocycles. The van der Waals surface area contributed by atoms with Gasteiger partial charge in [-0.2, -0.15) is 0 Å². The van der Waals surface area contributed by atoms with Gasteiger partial charge in [0.05, 0.1) is 0 Å². The van der Waals surface area contributed by atoms with Crippen LogP contribution in [0.3, 0.4) is 0 Å². The number of hydrogen-bond donors (Lipinski definition) is 2. The molecule has 0 saturated carbocycles. The number of hydrogen-bond acceptors (Lipinski definition) is 5. The predicted octanol–water partition coefficient (Wildman–Crippen LogP) is -1.35. The lowest BCUT2D eigenvalue weighted by molar-refractivity contribution is -0.130. The number of nitrogens with one attached hydrogen (secondary N) is 2. The van der Waals surface area contributed by atoms with E-state index in [1.54, 1.807) is 0 Å². The van der Waals surface area contributed by atoms with Crippen molar-refractivity contribution in [3.63, 3.8) is 0 Å². The molecule has 2 amide bonds. The molecule has 1 saturated heterocycles. The van der Waals surface area contributed by atoms with Crippen LogP contribution in [0.25, 0.3) is 0 Å². The third-order valence-corrected chi connectivity index (χ3v) is 1.28. The summed E-state index contributed by atoms with van der Waals surface area (Å²) in [5.74, 6) is -1.57. The largest absolute Gasteiger partial charge is 0.300 e. The Kier molecular flexibility index (Phi) is 1.90. The quantitative estimate of drug-likeness (QED) is 0.291. The van der Waals surface area contributed by atoms with Crippen LogP contribution in [0.1, 0.15) is 0 Å². The molecule has 11 heavy (non-hydrogen) atoms. The van der Waals surface area contributed by atoms with Gasteiger partial charge in [-0.1, -0.05) is 0 Å². The van der Waals surface area contributed by atoms with Crippen molar-refractivity contribution < 1.29 is 9.59 Å². The van der Waals surface area contributed by atoms with Crippen LogP contribution >= 0.6 is 12.2 Å². The van der Waals surface area contributed by atoms with Gasteiger partial charge in [0, 0.05) is 0 Å². The van der Waals surface area contributed by atoms with E-state index in [0.717, 1.165) is 0 Å². The van der Waals surface area contributed by atoms with Crippen LogP contribution in [0.2, 0.25) is 0 Å². The highest BCUT2D eigenvalue weighted by molar-refractivity contribution is 7.80. The zero-order valence-electron chi connectivity index (χ0n) is 5.16. The van der Waals surface area contributed by atoms with Crippen LogP contribution in [0.15, 0.2) is 5.18 Å². The normalized spacial score (nSPS) is 19.1. The molecule has 0 bridgehead atoms. The topological polar surface area (TPSA) is 87.6 Å². The van der Waals surface area contributed by atoms with Crippen LogP contribution in [-0.2, 0) is 9.59 Å². The van der Waals surface area contributed by atoms with Gasteiger partial charge in [0.1, 0.15) is 0 Å². The Morgan fingerprint density at radius 3 is 2.09 bits per heavy atom. The van der Waals surface area contributed by atoms with Gasteiger partial charge in [-0.05, 0) is 17.4 Å². The lowest BCUT2D eigenvalue weighted by atomic mass is 10.2. The lowest BCUT2D eigenvalue weighted by Crippen LogP contribution is -2.57. The van der Waals surface area contributed by atoms with Crippen molar-refractivity contribution in [3.05, 3.63) is 4.91 Å². The van der Waals surface area contributed by atoms with Crippen molar-refractivity contribution in [3.8, 4) is 0 Å². The van der Waals surface area contributed by atoms with E-state index in [1.165, 1.54) is 0 Å². The highest BCUT2D eigenvalue weighted by Crippen LogP contribution is 1.95. The fourth-order valence-corrected chi connectivity index (χ4v) is 0.808. The minimum Gasteiger partial charge on any atom is -0.300 e. The highest BCUT2D eigenvalue weighted by Gasteiger charge is 2.33. The van der Waals surface area contributed by atoms with Crippen molar-refractivity contribution in [2.24, 2.45) is 5.18 Å². The minimum absolute atomic E-state index is 0.0973. The maximum atomic E-state index is 10.7. The molecule has 1 rings (SSSR count).